The van der Waals surface area contributed by atoms with Gasteiger partial charge in [0.15, 0.2) is 0 Å². The molecule has 0 aliphatic rings. The topological polar surface area (TPSA) is 71.9 Å². The normalized spacial score (nSPS) is 10.2. The lowest BCUT2D eigenvalue weighted by atomic mass is 10.1. The molecule has 2 aromatic rings. The average Bonchev–Trinajstić information content (AvgIpc) is 2.82. The first-order valence-electron chi connectivity index (χ1n) is 5.94. The largest absolute Gasteiger partial charge is 0.496 e. The molecule has 0 atom stereocenters. The minimum atomic E-state index is 0.541. The number of nitrogens with zero attached hydrogens (tertiary/aromatic N) is 2. The number of thiazole rings is 1. The van der Waals surface area contributed by atoms with E-state index in [0.717, 1.165) is 27.6 Å². The van der Waals surface area contributed by atoms with E-state index in [0.29, 0.717) is 17.8 Å². The summed E-state index contributed by atoms with van der Waals surface area (Å²) in [6, 6.07) is 8.01. The number of nitriles is 1. The van der Waals surface area contributed by atoms with E-state index >= 15 is 0 Å². The number of aromatic nitrogens is 1. The molecule has 5 heteroatoms. The van der Waals surface area contributed by atoms with Gasteiger partial charge >= 0.3 is 0 Å². The van der Waals surface area contributed by atoms with Gasteiger partial charge in [-0.2, -0.15) is 5.26 Å². The monoisotopic (exact) mass is 273 g/mol. The van der Waals surface area contributed by atoms with Crippen molar-refractivity contribution in [2.45, 2.75) is 13.3 Å². The van der Waals surface area contributed by atoms with Gasteiger partial charge in [-0.05, 0) is 37.2 Å². The van der Waals surface area contributed by atoms with Crippen LogP contribution in [0.1, 0.15) is 15.4 Å². The SMILES string of the molecule is COc1ccc(-c2nc(CCN)sc2C#N)cc1C. The fourth-order valence-electron chi connectivity index (χ4n) is 1.89. The minimum absolute atomic E-state index is 0.541. The molecule has 0 amide bonds. The zero-order valence-electron chi connectivity index (χ0n) is 10.9. The van der Waals surface area contributed by atoms with Gasteiger partial charge in [0.2, 0.25) is 0 Å². The van der Waals surface area contributed by atoms with Gasteiger partial charge in [-0.25, -0.2) is 4.98 Å². The summed E-state index contributed by atoms with van der Waals surface area (Å²) in [7, 11) is 1.64. The van der Waals surface area contributed by atoms with Gasteiger partial charge in [0.1, 0.15) is 16.7 Å². The number of benzene rings is 1. The Labute approximate surface area is 116 Å². The molecule has 0 fully saturated rings. The second-order valence-electron chi connectivity index (χ2n) is 4.12. The summed E-state index contributed by atoms with van der Waals surface area (Å²) in [6.45, 7) is 2.51. The predicted octanol–water partition coefficient (Wildman–Crippen LogP) is 2.50. The highest BCUT2D eigenvalue weighted by Crippen LogP contribution is 2.30. The number of methoxy groups -OCH3 is 1. The molecule has 0 unspecified atom stereocenters. The van der Waals surface area contributed by atoms with Crippen molar-refractivity contribution in [1.82, 2.24) is 4.98 Å². The molecule has 2 rings (SSSR count). The Morgan fingerprint density at radius 2 is 2.26 bits per heavy atom. The Morgan fingerprint density at radius 3 is 2.84 bits per heavy atom. The quantitative estimate of drug-likeness (QED) is 0.929. The summed E-state index contributed by atoms with van der Waals surface area (Å²) in [5.74, 6) is 0.833. The van der Waals surface area contributed by atoms with Crippen molar-refractivity contribution < 1.29 is 4.74 Å². The van der Waals surface area contributed by atoms with Gasteiger partial charge in [0.05, 0.1) is 17.8 Å². The van der Waals surface area contributed by atoms with Gasteiger partial charge < -0.3 is 10.5 Å². The Bertz CT molecular complexity index is 628. The number of aryl methyl sites for hydroxylation is 1. The Balaban J connectivity index is 2.46. The van der Waals surface area contributed by atoms with Crippen molar-refractivity contribution >= 4 is 11.3 Å². The molecule has 1 heterocycles. The van der Waals surface area contributed by atoms with Crippen LogP contribution in [0.4, 0.5) is 0 Å². The molecule has 1 aromatic carbocycles. The highest BCUT2D eigenvalue weighted by atomic mass is 32.1. The van der Waals surface area contributed by atoms with E-state index in [2.05, 4.69) is 11.1 Å². The molecule has 19 heavy (non-hydrogen) atoms. The summed E-state index contributed by atoms with van der Waals surface area (Å²) in [6.07, 6.45) is 0.703. The predicted molar refractivity (Wildman–Crippen MR) is 76.3 cm³/mol. The second-order valence-corrected chi connectivity index (χ2v) is 5.20. The van der Waals surface area contributed by atoms with E-state index in [1.807, 2.05) is 25.1 Å². The number of hydrogen-bond donors (Lipinski definition) is 1. The maximum Gasteiger partial charge on any atom is 0.132 e. The van der Waals surface area contributed by atoms with Gasteiger partial charge in [0, 0.05) is 12.0 Å². The summed E-state index contributed by atoms with van der Waals surface area (Å²) in [5.41, 5.74) is 8.23. The molecule has 0 radical (unpaired) electrons. The molecule has 4 nitrogen and oxygen atoms in total. The van der Waals surface area contributed by atoms with Crippen LogP contribution in [0.5, 0.6) is 5.75 Å². The lowest BCUT2D eigenvalue weighted by molar-refractivity contribution is 0.412. The molecular formula is C14H15N3OS. The minimum Gasteiger partial charge on any atom is -0.496 e. The van der Waals surface area contributed by atoms with E-state index in [1.54, 1.807) is 7.11 Å². The van der Waals surface area contributed by atoms with Crippen molar-refractivity contribution in [3.05, 3.63) is 33.6 Å². The molecule has 0 saturated carbocycles. The van der Waals surface area contributed by atoms with Crippen LogP contribution in [-0.2, 0) is 6.42 Å². The maximum atomic E-state index is 9.20. The molecular weight excluding hydrogens is 258 g/mol. The maximum absolute atomic E-state index is 9.20. The lowest BCUT2D eigenvalue weighted by Crippen LogP contribution is -2.01. The fourth-order valence-corrected chi connectivity index (χ4v) is 2.79. The van der Waals surface area contributed by atoms with Crippen molar-refractivity contribution in [2.24, 2.45) is 5.73 Å². The van der Waals surface area contributed by atoms with Gasteiger partial charge in [-0.15, -0.1) is 11.3 Å². The van der Waals surface area contributed by atoms with Gasteiger partial charge in [-0.1, -0.05) is 0 Å². The molecule has 1 aromatic heterocycles. The van der Waals surface area contributed by atoms with E-state index in [4.69, 9.17) is 10.5 Å². The summed E-state index contributed by atoms with van der Waals surface area (Å²) in [4.78, 5) is 5.15. The van der Waals surface area contributed by atoms with Crippen molar-refractivity contribution in [3.63, 3.8) is 0 Å². The van der Waals surface area contributed by atoms with Crippen LogP contribution in [0.25, 0.3) is 11.3 Å². The van der Waals surface area contributed by atoms with Crippen LogP contribution < -0.4 is 10.5 Å². The molecule has 98 valence electrons. The molecule has 0 saturated heterocycles. The average molecular weight is 273 g/mol. The first-order valence-corrected chi connectivity index (χ1v) is 6.76. The van der Waals surface area contributed by atoms with E-state index in [9.17, 15) is 5.26 Å². The zero-order chi connectivity index (χ0) is 13.8. The standard InChI is InChI=1S/C14H15N3OS/c1-9-7-10(3-4-11(9)18-2)14-12(8-16)19-13(17-14)5-6-15/h3-4,7H,5-6,15H2,1-2H3. The van der Waals surface area contributed by atoms with Crippen LogP contribution in [0.15, 0.2) is 18.2 Å². The van der Waals surface area contributed by atoms with Gasteiger partial charge in [-0.3, -0.25) is 0 Å². The van der Waals surface area contributed by atoms with Crippen molar-refractivity contribution in [3.8, 4) is 23.1 Å². The molecule has 0 spiro atoms. The Kier molecular flexibility index (Phi) is 4.15. The third-order valence-electron chi connectivity index (χ3n) is 2.80. The number of rotatable bonds is 4. The molecule has 0 bridgehead atoms. The molecule has 2 N–H and O–H groups in total. The zero-order valence-corrected chi connectivity index (χ0v) is 11.8. The van der Waals surface area contributed by atoms with Crippen LogP contribution in [0.2, 0.25) is 0 Å². The summed E-state index contributed by atoms with van der Waals surface area (Å²) in [5, 5.41) is 10.1. The van der Waals surface area contributed by atoms with E-state index < -0.39 is 0 Å². The van der Waals surface area contributed by atoms with Crippen molar-refractivity contribution in [1.29, 1.82) is 5.26 Å². The number of hydrogen-bond acceptors (Lipinski definition) is 5. The third kappa shape index (κ3) is 2.75. The second kappa shape index (κ2) is 5.83. The first kappa shape index (κ1) is 13.5. The van der Waals surface area contributed by atoms with Crippen LogP contribution in [0.3, 0.4) is 0 Å². The lowest BCUT2D eigenvalue weighted by Gasteiger charge is -2.06. The molecule has 0 aliphatic heterocycles. The number of ether oxygens (including phenoxy) is 1. The van der Waals surface area contributed by atoms with E-state index in [-0.39, 0.29) is 0 Å². The van der Waals surface area contributed by atoms with Crippen LogP contribution in [-0.4, -0.2) is 18.6 Å². The fraction of sp³-hybridized carbons (Fsp3) is 0.286. The van der Waals surface area contributed by atoms with Gasteiger partial charge in [0.25, 0.3) is 0 Å². The highest BCUT2D eigenvalue weighted by Gasteiger charge is 2.13. The number of nitrogens with two attached hydrogens (primary N) is 1. The first-order chi connectivity index (χ1) is 9.19. The van der Waals surface area contributed by atoms with Crippen LogP contribution in [0, 0.1) is 18.3 Å². The third-order valence-corrected chi connectivity index (χ3v) is 3.82. The Morgan fingerprint density at radius 1 is 1.47 bits per heavy atom. The smallest absolute Gasteiger partial charge is 0.132 e. The summed E-state index contributed by atoms with van der Waals surface area (Å²) >= 11 is 1.41. The van der Waals surface area contributed by atoms with Crippen LogP contribution >= 0.6 is 11.3 Å². The summed E-state index contributed by atoms with van der Waals surface area (Å²) < 4.78 is 5.24. The highest BCUT2D eigenvalue weighted by molar-refractivity contribution is 7.12. The Hall–Kier alpha value is -1.90. The molecule has 0 aliphatic carbocycles. The van der Waals surface area contributed by atoms with Crippen molar-refractivity contribution in [2.75, 3.05) is 13.7 Å². The van der Waals surface area contributed by atoms with E-state index in [1.165, 1.54) is 11.3 Å².